The highest BCUT2D eigenvalue weighted by molar-refractivity contribution is 7.89. The van der Waals surface area contributed by atoms with Crippen LogP contribution in [0.5, 0.6) is 5.75 Å². The monoisotopic (exact) mass is 627 g/mol. The van der Waals surface area contributed by atoms with Gasteiger partial charge in [-0.15, -0.1) is 0 Å². The maximum absolute atomic E-state index is 13.8. The molecule has 3 fully saturated rings. The maximum Gasteiger partial charge on any atom is 0.246 e. The number of methoxy groups -OCH3 is 1. The molecule has 2 aromatic carbocycles. The van der Waals surface area contributed by atoms with Gasteiger partial charge in [0.15, 0.2) is 0 Å². The molecule has 0 spiro atoms. The summed E-state index contributed by atoms with van der Waals surface area (Å²) in [6, 6.07) is 14.1. The number of sulfonamides is 1. The fraction of sp³-hybridized carbons (Fsp3) is 0.618. The molecule has 2 heterocycles. The van der Waals surface area contributed by atoms with E-state index in [2.05, 4.69) is 40.5 Å². The van der Waals surface area contributed by atoms with Crippen LogP contribution >= 0.6 is 0 Å². The van der Waals surface area contributed by atoms with E-state index in [9.17, 15) is 13.2 Å². The molecule has 0 aromatic heterocycles. The minimum absolute atomic E-state index is 0.0315. The van der Waals surface area contributed by atoms with Gasteiger partial charge in [0.25, 0.3) is 0 Å². The zero-order valence-corrected chi connectivity index (χ0v) is 27.4. The average molecular weight is 628 g/mol. The van der Waals surface area contributed by atoms with E-state index in [-0.39, 0.29) is 30.7 Å². The molecule has 2 saturated heterocycles. The minimum Gasteiger partial charge on any atom is -0.497 e. The molecule has 1 aliphatic carbocycles. The zero-order chi connectivity index (χ0) is 31.2. The number of benzene rings is 2. The Morgan fingerprint density at radius 2 is 1.68 bits per heavy atom. The summed E-state index contributed by atoms with van der Waals surface area (Å²) >= 11 is 0. The molecule has 9 nitrogen and oxygen atoms in total. The second-order valence-corrected chi connectivity index (χ2v) is 14.4. The van der Waals surface area contributed by atoms with E-state index in [0.29, 0.717) is 47.2 Å². The van der Waals surface area contributed by atoms with Crippen molar-refractivity contribution >= 4 is 15.9 Å². The van der Waals surface area contributed by atoms with Gasteiger partial charge in [-0.3, -0.25) is 9.69 Å². The molecule has 1 N–H and O–H groups in total. The highest BCUT2D eigenvalue weighted by Gasteiger charge is 2.42. The Labute approximate surface area is 263 Å². The van der Waals surface area contributed by atoms with Gasteiger partial charge in [-0.2, -0.15) is 4.31 Å². The first-order chi connectivity index (χ1) is 21.2. The number of aryl methyl sites for hydroxylation is 2. The van der Waals surface area contributed by atoms with Crippen molar-refractivity contribution in [3.05, 3.63) is 59.2 Å². The predicted octanol–water partition coefficient (Wildman–Crippen LogP) is 4.41. The smallest absolute Gasteiger partial charge is 0.246 e. The van der Waals surface area contributed by atoms with Crippen molar-refractivity contribution in [3.63, 3.8) is 0 Å². The third-order valence-corrected chi connectivity index (χ3v) is 12.1. The molecule has 0 radical (unpaired) electrons. The second-order valence-electron chi connectivity index (χ2n) is 12.6. The molecule has 1 saturated carbocycles. The van der Waals surface area contributed by atoms with Gasteiger partial charge in [0, 0.05) is 37.8 Å². The van der Waals surface area contributed by atoms with Crippen molar-refractivity contribution in [2.75, 3.05) is 59.7 Å². The lowest BCUT2D eigenvalue weighted by Gasteiger charge is -2.50. The van der Waals surface area contributed by atoms with E-state index in [0.717, 1.165) is 64.8 Å². The van der Waals surface area contributed by atoms with Gasteiger partial charge in [-0.1, -0.05) is 36.8 Å². The summed E-state index contributed by atoms with van der Waals surface area (Å²) in [5, 5.41) is 3.09. The number of morpholine rings is 1. The van der Waals surface area contributed by atoms with Gasteiger partial charge in [-0.25, -0.2) is 8.42 Å². The molecule has 1 atom stereocenters. The van der Waals surface area contributed by atoms with Crippen molar-refractivity contribution in [1.29, 1.82) is 0 Å². The zero-order valence-electron chi connectivity index (χ0n) is 26.6. The van der Waals surface area contributed by atoms with Crippen molar-refractivity contribution in [2.24, 2.45) is 5.92 Å². The molecule has 3 aliphatic rings. The lowest BCUT2D eigenvalue weighted by molar-refractivity contribution is -0.126. The Balaban J connectivity index is 1.12. The lowest BCUT2D eigenvalue weighted by atomic mass is 9.71. The maximum atomic E-state index is 13.8. The number of ether oxygens (including phenoxy) is 3. The number of carbonyl (C=O) groups is 1. The van der Waals surface area contributed by atoms with Crippen LogP contribution in [0.15, 0.2) is 47.4 Å². The molecule has 1 amide bonds. The fourth-order valence-electron chi connectivity index (χ4n) is 7.49. The first kappa shape index (κ1) is 32.9. The Hall–Kier alpha value is -2.50. The number of nitrogens with one attached hydrogen (secondary N) is 1. The van der Waals surface area contributed by atoms with E-state index in [1.165, 1.54) is 5.56 Å². The Kier molecular flexibility index (Phi) is 11.0. The van der Waals surface area contributed by atoms with E-state index in [1.807, 2.05) is 0 Å². The average Bonchev–Trinajstić information content (AvgIpc) is 3.04. The third kappa shape index (κ3) is 7.31. The van der Waals surface area contributed by atoms with Crippen LogP contribution in [0.1, 0.15) is 61.6 Å². The lowest BCUT2D eigenvalue weighted by Crippen LogP contribution is -2.53. The summed E-state index contributed by atoms with van der Waals surface area (Å²) in [4.78, 5) is 15.7. The highest BCUT2D eigenvalue weighted by Crippen LogP contribution is 2.44. The van der Waals surface area contributed by atoms with Crippen molar-refractivity contribution in [2.45, 2.75) is 75.3 Å². The van der Waals surface area contributed by atoms with Crippen LogP contribution in [0.4, 0.5) is 0 Å². The fourth-order valence-corrected chi connectivity index (χ4v) is 9.59. The Morgan fingerprint density at radius 1 is 1.00 bits per heavy atom. The largest absolute Gasteiger partial charge is 0.497 e. The molecular weight excluding hydrogens is 578 g/mol. The molecule has 242 valence electrons. The summed E-state index contributed by atoms with van der Waals surface area (Å²) in [5.74, 6) is 0.918. The van der Waals surface area contributed by atoms with Crippen LogP contribution in [0, 0.1) is 19.8 Å². The van der Waals surface area contributed by atoms with Gasteiger partial charge >= 0.3 is 0 Å². The normalized spacial score (nSPS) is 25.4. The third-order valence-electron chi connectivity index (χ3n) is 9.80. The van der Waals surface area contributed by atoms with Crippen LogP contribution in [-0.2, 0) is 29.8 Å². The van der Waals surface area contributed by atoms with E-state index < -0.39 is 10.0 Å². The van der Waals surface area contributed by atoms with Crippen LogP contribution in [-0.4, -0.2) is 89.3 Å². The molecule has 5 rings (SSSR count). The highest BCUT2D eigenvalue weighted by atomic mass is 32.2. The van der Waals surface area contributed by atoms with E-state index >= 15 is 0 Å². The van der Waals surface area contributed by atoms with Crippen molar-refractivity contribution < 1.29 is 27.4 Å². The van der Waals surface area contributed by atoms with Gasteiger partial charge < -0.3 is 19.5 Å². The summed E-state index contributed by atoms with van der Waals surface area (Å²) < 4.78 is 46.0. The number of hydrogen-bond donors (Lipinski definition) is 1. The van der Waals surface area contributed by atoms with Crippen molar-refractivity contribution in [1.82, 2.24) is 14.5 Å². The van der Waals surface area contributed by atoms with E-state index in [4.69, 9.17) is 14.2 Å². The van der Waals surface area contributed by atoms with Crippen LogP contribution in [0.2, 0.25) is 0 Å². The Bertz CT molecular complexity index is 1330. The first-order valence-corrected chi connectivity index (χ1v) is 17.6. The van der Waals surface area contributed by atoms with Crippen LogP contribution in [0.25, 0.3) is 0 Å². The number of rotatable bonds is 11. The second kappa shape index (κ2) is 14.7. The summed E-state index contributed by atoms with van der Waals surface area (Å²) in [7, 11) is -2.15. The Morgan fingerprint density at radius 3 is 2.34 bits per heavy atom. The SMILES string of the molecule is COc1cc(C)c(S(=O)(=O)N2CCCCC2COCC(=O)NCC2CCC(c3ccccc3)(N3CCOCC3)CC2)c(C)c1. The number of piperidine rings is 1. The van der Waals surface area contributed by atoms with Gasteiger partial charge in [0.2, 0.25) is 15.9 Å². The number of hydrogen-bond acceptors (Lipinski definition) is 7. The summed E-state index contributed by atoms with van der Waals surface area (Å²) in [6.45, 7) is 8.28. The molecule has 44 heavy (non-hydrogen) atoms. The number of amides is 1. The minimum atomic E-state index is -3.72. The number of nitrogens with zero attached hydrogens (tertiary/aromatic N) is 2. The molecule has 0 bridgehead atoms. The van der Waals surface area contributed by atoms with Gasteiger partial charge in [0.05, 0.1) is 31.8 Å². The summed E-state index contributed by atoms with van der Waals surface area (Å²) in [5.41, 5.74) is 2.75. The molecule has 10 heteroatoms. The molecular formula is C34H49N3O6S. The standard InChI is InChI=1S/C34H49N3O6S/c1-26-21-31(41-3)22-27(2)33(26)44(39,40)37-16-8-7-11-30(37)24-43-25-32(38)35-23-28-12-14-34(15-13-28,29-9-5-4-6-10-29)36-17-19-42-20-18-36/h4-6,9-10,21-22,28,30H,7-8,11-20,23-25H2,1-3H3,(H,35,38). The van der Waals surface area contributed by atoms with Gasteiger partial charge in [-0.05, 0) is 87.1 Å². The van der Waals surface area contributed by atoms with Crippen molar-refractivity contribution in [3.8, 4) is 5.75 Å². The summed E-state index contributed by atoms with van der Waals surface area (Å²) in [6.07, 6.45) is 6.68. The van der Waals surface area contributed by atoms with Crippen LogP contribution in [0.3, 0.4) is 0 Å². The molecule has 2 aliphatic heterocycles. The molecule has 1 unspecified atom stereocenters. The molecule has 2 aromatic rings. The van der Waals surface area contributed by atoms with Gasteiger partial charge in [0.1, 0.15) is 12.4 Å². The van der Waals surface area contributed by atoms with Crippen LogP contribution < -0.4 is 10.1 Å². The van der Waals surface area contributed by atoms with E-state index in [1.54, 1.807) is 37.4 Å². The number of carbonyl (C=O) groups excluding carboxylic acids is 1. The first-order valence-electron chi connectivity index (χ1n) is 16.1. The topological polar surface area (TPSA) is 97.4 Å². The predicted molar refractivity (Wildman–Crippen MR) is 170 cm³/mol. The quantitative estimate of drug-likeness (QED) is 0.394.